The van der Waals surface area contributed by atoms with E-state index in [9.17, 15) is 4.79 Å². The number of nitrogens with two attached hydrogens (primary N) is 1. The molecule has 6 nitrogen and oxygen atoms in total. The van der Waals surface area contributed by atoms with E-state index >= 15 is 0 Å². The minimum absolute atomic E-state index is 0.316. The van der Waals surface area contributed by atoms with Crippen molar-refractivity contribution in [1.29, 1.82) is 0 Å². The molecule has 0 saturated carbocycles. The number of hydrazone groups is 1. The summed E-state index contributed by atoms with van der Waals surface area (Å²) < 4.78 is 10.4. The van der Waals surface area contributed by atoms with E-state index in [-0.39, 0.29) is 5.91 Å². The van der Waals surface area contributed by atoms with E-state index in [0.717, 1.165) is 5.56 Å². The van der Waals surface area contributed by atoms with Gasteiger partial charge in [-0.05, 0) is 36.4 Å². The highest BCUT2D eigenvalue weighted by atomic mass is 16.5. The van der Waals surface area contributed by atoms with E-state index in [2.05, 4.69) is 10.5 Å². The van der Waals surface area contributed by atoms with Gasteiger partial charge in [0, 0.05) is 22.9 Å². The highest BCUT2D eigenvalue weighted by Crippen LogP contribution is 2.22. The Morgan fingerprint density at radius 2 is 1.86 bits per heavy atom. The summed E-state index contributed by atoms with van der Waals surface area (Å²) in [6, 6.07) is 11.9. The fourth-order valence-corrected chi connectivity index (χ4v) is 1.78. The Labute approximate surface area is 128 Å². The van der Waals surface area contributed by atoms with Crippen molar-refractivity contribution in [3.8, 4) is 11.5 Å². The molecule has 0 unspecified atom stereocenters. The molecule has 0 aliphatic carbocycles. The van der Waals surface area contributed by atoms with Gasteiger partial charge in [-0.2, -0.15) is 5.10 Å². The molecule has 0 spiro atoms. The quantitative estimate of drug-likeness (QED) is 0.502. The van der Waals surface area contributed by atoms with Gasteiger partial charge in [-0.1, -0.05) is 0 Å². The van der Waals surface area contributed by atoms with E-state index in [0.29, 0.717) is 22.7 Å². The SMILES string of the molecule is COc1ccc(/C=N\NC(=O)c2ccc(N)cc2)c(OC)c1. The molecule has 0 atom stereocenters. The van der Waals surface area contributed by atoms with Crippen molar-refractivity contribution in [2.24, 2.45) is 5.10 Å². The Morgan fingerprint density at radius 3 is 2.50 bits per heavy atom. The summed E-state index contributed by atoms with van der Waals surface area (Å²) in [5.41, 5.74) is 9.83. The molecule has 2 aromatic rings. The lowest BCUT2D eigenvalue weighted by Gasteiger charge is -2.07. The number of ether oxygens (including phenoxy) is 2. The highest BCUT2D eigenvalue weighted by Gasteiger charge is 2.05. The number of nitrogens with zero attached hydrogens (tertiary/aromatic N) is 1. The number of carbonyl (C=O) groups is 1. The zero-order valence-corrected chi connectivity index (χ0v) is 12.4. The van der Waals surface area contributed by atoms with Crippen LogP contribution < -0.4 is 20.6 Å². The molecule has 0 aliphatic heterocycles. The third kappa shape index (κ3) is 3.76. The summed E-state index contributed by atoms with van der Waals surface area (Å²) in [5.74, 6) is 0.966. The van der Waals surface area contributed by atoms with Crippen LogP contribution in [0.15, 0.2) is 47.6 Å². The first-order valence-corrected chi connectivity index (χ1v) is 6.55. The number of hydrogen-bond donors (Lipinski definition) is 2. The molecular weight excluding hydrogens is 282 g/mol. The molecule has 0 bridgehead atoms. The molecule has 0 aromatic heterocycles. The first-order valence-electron chi connectivity index (χ1n) is 6.55. The van der Waals surface area contributed by atoms with Crippen LogP contribution >= 0.6 is 0 Å². The van der Waals surface area contributed by atoms with Crippen molar-refractivity contribution >= 4 is 17.8 Å². The van der Waals surface area contributed by atoms with Crippen LogP contribution in [0, 0.1) is 0 Å². The van der Waals surface area contributed by atoms with Crippen LogP contribution in [0.4, 0.5) is 5.69 Å². The summed E-state index contributed by atoms with van der Waals surface area (Å²) in [6.07, 6.45) is 1.51. The van der Waals surface area contributed by atoms with Crippen LogP contribution in [0.3, 0.4) is 0 Å². The number of methoxy groups -OCH3 is 2. The van der Waals surface area contributed by atoms with Crippen molar-refractivity contribution in [2.75, 3.05) is 20.0 Å². The normalized spacial score (nSPS) is 10.5. The van der Waals surface area contributed by atoms with Crippen LogP contribution in [0.5, 0.6) is 11.5 Å². The van der Waals surface area contributed by atoms with Gasteiger partial charge in [0.25, 0.3) is 5.91 Å². The lowest BCUT2D eigenvalue weighted by atomic mass is 10.2. The summed E-state index contributed by atoms with van der Waals surface area (Å²) in [5, 5.41) is 3.93. The van der Waals surface area contributed by atoms with Gasteiger partial charge >= 0.3 is 0 Å². The maximum atomic E-state index is 11.9. The number of nitrogens with one attached hydrogen (secondary N) is 1. The average Bonchev–Trinajstić information content (AvgIpc) is 2.55. The second-order valence-electron chi connectivity index (χ2n) is 4.43. The first kappa shape index (κ1) is 15.4. The van der Waals surface area contributed by atoms with Gasteiger partial charge in [0.2, 0.25) is 0 Å². The zero-order valence-electron chi connectivity index (χ0n) is 12.4. The molecule has 2 rings (SSSR count). The van der Waals surface area contributed by atoms with E-state index in [1.165, 1.54) is 6.21 Å². The summed E-state index contributed by atoms with van der Waals surface area (Å²) in [7, 11) is 3.13. The number of amides is 1. The second kappa shape index (κ2) is 7.12. The second-order valence-corrected chi connectivity index (χ2v) is 4.43. The largest absolute Gasteiger partial charge is 0.497 e. The first-order chi connectivity index (χ1) is 10.6. The summed E-state index contributed by atoms with van der Waals surface area (Å²) >= 11 is 0. The zero-order chi connectivity index (χ0) is 15.9. The topological polar surface area (TPSA) is 85.9 Å². The third-order valence-corrected chi connectivity index (χ3v) is 2.98. The maximum Gasteiger partial charge on any atom is 0.271 e. The van der Waals surface area contributed by atoms with E-state index in [4.69, 9.17) is 15.2 Å². The molecule has 0 fully saturated rings. The number of hydrogen-bond acceptors (Lipinski definition) is 5. The number of nitrogen functional groups attached to an aromatic ring is 1. The van der Waals surface area contributed by atoms with Crippen LogP contribution in [0.2, 0.25) is 0 Å². The van der Waals surface area contributed by atoms with Gasteiger partial charge in [0.15, 0.2) is 0 Å². The standard InChI is InChI=1S/C16H17N3O3/c1-21-14-8-5-12(15(9-14)22-2)10-18-19-16(20)11-3-6-13(17)7-4-11/h3-10H,17H2,1-2H3,(H,19,20)/b18-10-. The Hall–Kier alpha value is -3.02. The molecule has 0 heterocycles. The molecule has 0 aliphatic rings. The van der Waals surface area contributed by atoms with Gasteiger partial charge in [0.1, 0.15) is 11.5 Å². The van der Waals surface area contributed by atoms with Crippen molar-refractivity contribution in [3.05, 3.63) is 53.6 Å². The van der Waals surface area contributed by atoms with Gasteiger partial charge in [-0.25, -0.2) is 5.43 Å². The number of rotatable bonds is 5. The monoisotopic (exact) mass is 299 g/mol. The maximum absolute atomic E-state index is 11.9. The minimum atomic E-state index is -0.316. The van der Waals surface area contributed by atoms with Crippen LogP contribution in [-0.4, -0.2) is 26.3 Å². The van der Waals surface area contributed by atoms with Crippen molar-refractivity contribution in [2.45, 2.75) is 0 Å². The molecular formula is C16H17N3O3. The van der Waals surface area contributed by atoms with Crippen molar-refractivity contribution in [1.82, 2.24) is 5.43 Å². The van der Waals surface area contributed by atoms with Crippen molar-refractivity contribution < 1.29 is 14.3 Å². The number of benzene rings is 2. The minimum Gasteiger partial charge on any atom is -0.497 e. The van der Waals surface area contributed by atoms with Gasteiger partial charge in [-0.3, -0.25) is 4.79 Å². The lowest BCUT2D eigenvalue weighted by molar-refractivity contribution is 0.0955. The highest BCUT2D eigenvalue weighted by molar-refractivity contribution is 5.95. The van der Waals surface area contributed by atoms with E-state index < -0.39 is 0 Å². The predicted octanol–water partition coefficient (Wildman–Crippen LogP) is 2.05. The molecule has 6 heteroatoms. The molecule has 0 saturated heterocycles. The summed E-state index contributed by atoms with van der Waals surface area (Å²) in [6.45, 7) is 0. The Morgan fingerprint density at radius 1 is 1.14 bits per heavy atom. The Bertz CT molecular complexity index is 682. The Balaban J connectivity index is 2.06. The molecule has 114 valence electrons. The summed E-state index contributed by atoms with van der Waals surface area (Å²) in [4.78, 5) is 11.9. The molecule has 1 amide bonds. The van der Waals surface area contributed by atoms with E-state index in [1.54, 1.807) is 56.7 Å². The fourth-order valence-electron chi connectivity index (χ4n) is 1.78. The van der Waals surface area contributed by atoms with Gasteiger partial charge < -0.3 is 15.2 Å². The third-order valence-electron chi connectivity index (χ3n) is 2.98. The van der Waals surface area contributed by atoms with Crippen LogP contribution in [-0.2, 0) is 0 Å². The molecule has 3 N–H and O–H groups in total. The lowest BCUT2D eigenvalue weighted by Crippen LogP contribution is -2.17. The van der Waals surface area contributed by atoms with Crippen molar-refractivity contribution in [3.63, 3.8) is 0 Å². The van der Waals surface area contributed by atoms with Crippen LogP contribution in [0.1, 0.15) is 15.9 Å². The van der Waals surface area contributed by atoms with Crippen LogP contribution in [0.25, 0.3) is 0 Å². The number of carbonyl (C=O) groups excluding carboxylic acids is 1. The van der Waals surface area contributed by atoms with E-state index in [1.807, 2.05) is 0 Å². The predicted molar refractivity (Wildman–Crippen MR) is 85.5 cm³/mol. The van der Waals surface area contributed by atoms with Gasteiger partial charge in [-0.15, -0.1) is 0 Å². The van der Waals surface area contributed by atoms with Gasteiger partial charge in [0.05, 0.1) is 20.4 Å². The molecule has 2 aromatic carbocycles. The Kier molecular flexibility index (Phi) is 4.98. The fraction of sp³-hybridized carbons (Fsp3) is 0.125. The number of anilines is 1. The molecule has 0 radical (unpaired) electrons. The smallest absolute Gasteiger partial charge is 0.271 e. The molecule has 22 heavy (non-hydrogen) atoms. The average molecular weight is 299 g/mol.